The number of halogens is 1. The van der Waals surface area contributed by atoms with Gasteiger partial charge in [0, 0.05) is 29.1 Å². The van der Waals surface area contributed by atoms with Gasteiger partial charge in [-0.3, -0.25) is 4.79 Å². The first-order chi connectivity index (χ1) is 10.7. The van der Waals surface area contributed by atoms with E-state index in [0.29, 0.717) is 30.4 Å². The normalized spacial score (nSPS) is 18.5. The van der Waals surface area contributed by atoms with Crippen LogP contribution in [0.15, 0.2) is 29.6 Å². The number of benzene rings is 1. The van der Waals surface area contributed by atoms with Gasteiger partial charge in [0.2, 0.25) is 0 Å². The standard InChI is InChI=1S/C16H17ClN2O2S/c1-2-13-9-19(7-8-21-13)16(20)14-10-22-15(18-14)11-3-5-12(17)6-4-11/h3-6,10,13H,2,7-9H2,1H3/t13-/m0/s1. The lowest BCUT2D eigenvalue weighted by Crippen LogP contribution is -2.45. The minimum Gasteiger partial charge on any atom is -0.375 e. The van der Waals surface area contributed by atoms with Crippen LogP contribution in [0.4, 0.5) is 0 Å². The van der Waals surface area contributed by atoms with Crippen LogP contribution in [0.1, 0.15) is 23.8 Å². The second kappa shape index (κ2) is 6.77. The van der Waals surface area contributed by atoms with Gasteiger partial charge in [0.1, 0.15) is 10.7 Å². The molecule has 22 heavy (non-hydrogen) atoms. The molecular weight excluding hydrogens is 320 g/mol. The topological polar surface area (TPSA) is 42.4 Å². The maximum atomic E-state index is 12.6. The van der Waals surface area contributed by atoms with Crippen molar-refractivity contribution in [3.63, 3.8) is 0 Å². The number of aromatic nitrogens is 1. The van der Waals surface area contributed by atoms with Crippen LogP contribution in [-0.4, -0.2) is 41.6 Å². The molecule has 1 aliphatic rings. The lowest BCUT2D eigenvalue weighted by molar-refractivity contribution is -0.0227. The second-order valence-electron chi connectivity index (χ2n) is 5.20. The Bertz CT molecular complexity index is 656. The molecule has 1 aliphatic heterocycles. The number of carbonyl (C=O) groups excluding carboxylic acids is 1. The van der Waals surface area contributed by atoms with Gasteiger partial charge in [0.05, 0.1) is 12.7 Å². The van der Waals surface area contributed by atoms with Gasteiger partial charge in [-0.15, -0.1) is 11.3 Å². The molecule has 0 spiro atoms. The number of morpholine rings is 1. The Labute approximate surface area is 138 Å². The van der Waals surface area contributed by atoms with Crippen molar-refractivity contribution in [2.24, 2.45) is 0 Å². The first-order valence-corrected chi connectivity index (χ1v) is 8.55. The first-order valence-electron chi connectivity index (χ1n) is 7.29. The molecule has 1 aromatic heterocycles. The van der Waals surface area contributed by atoms with Gasteiger partial charge in [0.15, 0.2) is 0 Å². The molecule has 1 atom stereocenters. The Hall–Kier alpha value is -1.43. The van der Waals surface area contributed by atoms with Crippen LogP contribution in [0.25, 0.3) is 10.6 Å². The summed E-state index contributed by atoms with van der Waals surface area (Å²) in [4.78, 5) is 18.9. The molecule has 6 heteroatoms. The predicted molar refractivity (Wildman–Crippen MR) is 88.5 cm³/mol. The lowest BCUT2D eigenvalue weighted by Gasteiger charge is -2.32. The van der Waals surface area contributed by atoms with E-state index in [-0.39, 0.29) is 12.0 Å². The van der Waals surface area contributed by atoms with Gasteiger partial charge < -0.3 is 9.64 Å². The smallest absolute Gasteiger partial charge is 0.273 e. The molecule has 1 amide bonds. The van der Waals surface area contributed by atoms with Crippen LogP contribution in [0, 0.1) is 0 Å². The summed E-state index contributed by atoms with van der Waals surface area (Å²) in [5.74, 6) is -0.0155. The minimum absolute atomic E-state index is 0.0155. The zero-order chi connectivity index (χ0) is 15.5. The van der Waals surface area contributed by atoms with Crippen molar-refractivity contribution in [1.29, 1.82) is 0 Å². The zero-order valence-corrected chi connectivity index (χ0v) is 13.9. The Morgan fingerprint density at radius 1 is 1.45 bits per heavy atom. The van der Waals surface area contributed by atoms with E-state index in [2.05, 4.69) is 11.9 Å². The Morgan fingerprint density at radius 2 is 2.23 bits per heavy atom. The van der Waals surface area contributed by atoms with Crippen LogP contribution in [-0.2, 0) is 4.74 Å². The van der Waals surface area contributed by atoms with Crippen LogP contribution in [0.5, 0.6) is 0 Å². The third-order valence-electron chi connectivity index (χ3n) is 3.70. The molecule has 0 radical (unpaired) electrons. The van der Waals surface area contributed by atoms with E-state index in [1.54, 1.807) is 0 Å². The van der Waals surface area contributed by atoms with Crippen molar-refractivity contribution in [1.82, 2.24) is 9.88 Å². The molecule has 0 aliphatic carbocycles. The number of thiazole rings is 1. The molecule has 0 bridgehead atoms. The second-order valence-corrected chi connectivity index (χ2v) is 6.49. The van der Waals surface area contributed by atoms with Gasteiger partial charge in [-0.05, 0) is 18.6 Å². The summed E-state index contributed by atoms with van der Waals surface area (Å²) in [6.07, 6.45) is 1.05. The zero-order valence-electron chi connectivity index (χ0n) is 12.3. The van der Waals surface area contributed by atoms with E-state index in [1.165, 1.54) is 11.3 Å². The van der Waals surface area contributed by atoms with Crippen molar-refractivity contribution < 1.29 is 9.53 Å². The van der Waals surface area contributed by atoms with Gasteiger partial charge in [-0.2, -0.15) is 0 Å². The summed E-state index contributed by atoms with van der Waals surface area (Å²) >= 11 is 7.37. The van der Waals surface area contributed by atoms with Crippen LogP contribution in [0.3, 0.4) is 0 Å². The highest BCUT2D eigenvalue weighted by Crippen LogP contribution is 2.26. The van der Waals surface area contributed by atoms with E-state index in [9.17, 15) is 4.79 Å². The highest BCUT2D eigenvalue weighted by molar-refractivity contribution is 7.13. The third-order valence-corrected chi connectivity index (χ3v) is 4.84. The quantitative estimate of drug-likeness (QED) is 0.858. The molecular formula is C16H17ClN2O2S. The predicted octanol–water partition coefficient (Wildman–Crippen LogP) is 3.71. The molecule has 0 N–H and O–H groups in total. The molecule has 2 aromatic rings. The third kappa shape index (κ3) is 3.32. The number of carbonyl (C=O) groups is 1. The number of amides is 1. The molecule has 2 heterocycles. The molecule has 1 aromatic carbocycles. The molecule has 1 saturated heterocycles. The summed E-state index contributed by atoms with van der Waals surface area (Å²) in [5.41, 5.74) is 1.48. The largest absolute Gasteiger partial charge is 0.375 e. The highest BCUT2D eigenvalue weighted by atomic mass is 35.5. The molecule has 4 nitrogen and oxygen atoms in total. The molecule has 1 fully saturated rings. The number of hydrogen-bond donors (Lipinski definition) is 0. The fourth-order valence-electron chi connectivity index (χ4n) is 2.41. The fourth-order valence-corrected chi connectivity index (χ4v) is 3.34. The Morgan fingerprint density at radius 3 is 2.95 bits per heavy atom. The van der Waals surface area contributed by atoms with Crippen molar-refractivity contribution in [2.75, 3.05) is 19.7 Å². The van der Waals surface area contributed by atoms with Gasteiger partial charge in [0.25, 0.3) is 5.91 Å². The van der Waals surface area contributed by atoms with Crippen molar-refractivity contribution in [2.45, 2.75) is 19.4 Å². The summed E-state index contributed by atoms with van der Waals surface area (Å²) in [6, 6.07) is 7.48. The number of rotatable bonds is 3. The average molecular weight is 337 g/mol. The lowest BCUT2D eigenvalue weighted by atomic mass is 10.2. The molecule has 3 rings (SSSR count). The molecule has 0 unspecified atom stereocenters. The van der Waals surface area contributed by atoms with E-state index >= 15 is 0 Å². The van der Waals surface area contributed by atoms with E-state index in [1.807, 2.05) is 34.5 Å². The molecule has 0 saturated carbocycles. The van der Waals surface area contributed by atoms with Crippen LogP contribution < -0.4 is 0 Å². The maximum absolute atomic E-state index is 12.6. The highest BCUT2D eigenvalue weighted by Gasteiger charge is 2.25. The monoisotopic (exact) mass is 336 g/mol. The van der Waals surface area contributed by atoms with Crippen molar-refractivity contribution in [3.8, 4) is 10.6 Å². The van der Waals surface area contributed by atoms with Gasteiger partial charge >= 0.3 is 0 Å². The SMILES string of the molecule is CC[C@H]1CN(C(=O)c2csc(-c3ccc(Cl)cc3)n2)CCO1. The summed E-state index contributed by atoms with van der Waals surface area (Å²) in [7, 11) is 0. The average Bonchev–Trinajstić information content (AvgIpc) is 3.05. The van der Waals surface area contributed by atoms with E-state index < -0.39 is 0 Å². The Balaban J connectivity index is 1.75. The van der Waals surface area contributed by atoms with Crippen molar-refractivity contribution >= 4 is 28.8 Å². The maximum Gasteiger partial charge on any atom is 0.273 e. The number of nitrogens with zero attached hydrogens (tertiary/aromatic N) is 2. The fraction of sp³-hybridized carbons (Fsp3) is 0.375. The summed E-state index contributed by atoms with van der Waals surface area (Å²) < 4.78 is 5.60. The Kier molecular flexibility index (Phi) is 4.76. The van der Waals surface area contributed by atoms with Gasteiger partial charge in [-0.25, -0.2) is 4.98 Å². The first kappa shape index (κ1) is 15.5. The van der Waals surface area contributed by atoms with E-state index in [4.69, 9.17) is 16.3 Å². The number of ether oxygens (including phenoxy) is 1. The minimum atomic E-state index is -0.0155. The summed E-state index contributed by atoms with van der Waals surface area (Å²) in [5, 5.41) is 3.35. The van der Waals surface area contributed by atoms with Crippen LogP contribution in [0.2, 0.25) is 5.02 Å². The van der Waals surface area contributed by atoms with E-state index in [0.717, 1.165) is 17.0 Å². The molecule has 116 valence electrons. The van der Waals surface area contributed by atoms with Crippen LogP contribution >= 0.6 is 22.9 Å². The van der Waals surface area contributed by atoms with Gasteiger partial charge in [-0.1, -0.05) is 30.7 Å². The van der Waals surface area contributed by atoms with Crippen molar-refractivity contribution in [3.05, 3.63) is 40.4 Å². The number of hydrogen-bond acceptors (Lipinski definition) is 4. The summed E-state index contributed by atoms with van der Waals surface area (Å²) in [6.45, 7) is 3.94.